The fraction of sp³-hybridized carbons (Fsp3) is 0.348. The number of aliphatic hydroxyl groups is 1. The number of nitrogens with one attached hydrogen (secondary N) is 1. The second-order valence-corrected chi connectivity index (χ2v) is 8.50. The second-order valence-electron chi connectivity index (χ2n) is 8.11. The maximum Gasteiger partial charge on any atom is 0.150 e. The summed E-state index contributed by atoms with van der Waals surface area (Å²) in [6, 6.07) is 13.3. The van der Waals surface area contributed by atoms with Crippen molar-refractivity contribution in [3.8, 4) is 11.5 Å². The third-order valence-corrected chi connectivity index (χ3v) is 5.78. The van der Waals surface area contributed by atoms with Gasteiger partial charge in [0.05, 0.1) is 11.6 Å². The van der Waals surface area contributed by atoms with Crippen LogP contribution in [0, 0.1) is 6.92 Å². The maximum atomic E-state index is 11.1. The molecule has 6 heteroatoms. The molecule has 0 fully saturated rings. The van der Waals surface area contributed by atoms with Crippen LogP contribution in [0.25, 0.3) is 10.9 Å². The van der Waals surface area contributed by atoms with Crippen molar-refractivity contribution in [3.05, 3.63) is 64.3 Å². The number of fused-ring (bicyclic) bond motifs is 2. The van der Waals surface area contributed by atoms with Crippen LogP contribution in [0.4, 0.5) is 0 Å². The molecule has 0 saturated heterocycles. The summed E-state index contributed by atoms with van der Waals surface area (Å²) in [7, 11) is 0. The molecule has 0 amide bonds. The maximum absolute atomic E-state index is 11.1. The Labute approximate surface area is 175 Å². The van der Waals surface area contributed by atoms with Gasteiger partial charge in [-0.25, -0.2) is 4.98 Å². The monoisotopic (exact) mass is 412 g/mol. The summed E-state index contributed by atoms with van der Waals surface area (Å²) in [4.78, 5) is 4.32. The Hall–Kier alpha value is -2.34. The van der Waals surface area contributed by atoms with E-state index in [1.165, 1.54) is 5.56 Å². The third-order valence-electron chi connectivity index (χ3n) is 5.59. The molecule has 0 spiro atoms. The zero-order chi connectivity index (χ0) is 20.8. The van der Waals surface area contributed by atoms with Crippen LogP contribution in [0.5, 0.6) is 11.5 Å². The highest BCUT2D eigenvalue weighted by atomic mass is 35.5. The number of nitrogens with zero attached hydrogens (tertiary/aromatic N) is 1. The van der Waals surface area contributed by atoms with E-state index in [1.807, 2.05) is 45.0 Å². The summed E-state index contributed by atoms with van der Waals surface area (Å²) in [5, 5.41) is 26.6. The molecule has 0 bridgehead atoms. The van der Waals surface area contributed by atoms with Gasteiger partial charge in [0.2, 0.25) is 0 Å². The molecule has 2 atom stereocenters. The van der Waals surface area contributed by atoms with Gasteiger partial charge in [0, 0.05) is 5.39 Å². The molecule has 3 N–H and O–H groups in total. The summed E-state index contributed by atoms with van der Waals surface area (Å²) in [5.74, 6) is 0.546. The Morgan fingerprint density at radius 1 is 1.21 bits per heavy atom. The lowest BCUT2D eigenvalue weighted by molar-refractivity contribution is -0.0648. The molecule has 2 heterocycles. The van der Waals surface area contributed by atoms with Crippen molar-refractivity contribution in [2.24, 2.45) is 0 Å². The first-order valence-corrected chi connectivity index (χ1v) is 10.1. The fourth-order valence-corrected chi connectivity index (χ4v) is 4.22. The SMILES string of the molecule is Cc1cc(Cl)nc2c(O)c3c(cc12)OC(C)(C)C(O)C3NCCc1ccccc1. The van der Waals surface area contributed by atoms with E-state index in [0.29, 0.717) is 28.5 Å². The van der Waals surface area contributed by atoms with Crippen molar-refractivity contribution in [2.45, 2.75) is 44.9 Å². The lowest BCUT2D eigenvalue weighted by Gasteiger charge is -2.42. The Kier molecular flexibility index (Phi) is 5.15. The van der Waals surface area contributed by atoms with Gasteiger partial charge in [-0.2, -0.15) is 0 Å². The predicted molar refractivity (Wildman–Crippen MR) is 115 cm³/mol. The largest absolute Gasteiger partial charge is 0.505 e. The number of ether oxygens (including phenoxy) is 1. The minimum absolute atomic E-state index is 0.00476. The van der Waals surface area contributed by atoms with Crippen molar-refractivity contribution in [1.82, 2.24) is 10.3 Å². The number of rotatable bonds is 4. The topological polar surface area (TPSA) is 74.6 Å². The van der Waals surface area contributed by atoms with E-state index >= 15 is 0 Å². The molecule has 2 aromatic carbocycles. The van der Waals surface area contributed by atoms with E-state index in [1.54, 1.807) is 6.07 Å². The van der Waals surface area contributed by atoms with Gasteiger partial charge in [0.25, 0.3) is 0 Å². The number of phenolic OH excluding ortho intramolecular Hbond substituents is 1. The number of halogens is 1. The Balaban J connectivity index is 1.74. The molecule has 4 rings (SSSR count). The Morgan fingerprint density at radius 2 is 1.93 bits per heavy atom. The van der Waals surface area contributed by atoms with Crippen LogP contribution in [-0.2, 0) is 6.42 Å². The van der Waals surface area contributed by atoms with Crippen molar-refractivity contribution in [2.75, 3.05) is 6.54 Å². The molecule has 1 aliphatic rings. The van der Waals surface area contributed by atoms with E-state index in [-0.39, 0.29) is 5.75 Å². The second kappa shape index (κ2) is 7.48. The highest BCUT2D eigenvalue weighted by Gasteiger charge is 2.44. The van der Waals surface area contributed by atoms with Gasteiger partial charge in [0.15, 0.2) is 0 Å². The zero-order valence-electron chi connectivity index (χ0n) is 16.7. The van der Waals surface area contributed by atoms with E-state index in [4.69, 9.17) is 16.3 Å². The van der Waals surface area contributed by atoms with Gasteiger partial charge in [0.1, 0.15) is 33.9 Å². The average molecular weight is 413 g/mol. The average Bonchev–Trinajstić information content (AvgIpc) is 2.67. The molecule has 0 saturated carbocycles. The fourth-order valence-electron chi connectivity index (χ4n) is 3.98. The number of hydrogen-bond acceptors (Lipinski definition) is 5. The molecule has 2 unspecified atom stereocenters. The minimum atomic E-state index is -0.852. The van der Waals surface area contributed by atoms with Crippen LogP contribution >= 0.6 is 11.6 Å². The van der Waals surface area contributed by atoms with E-state index in [0.717, 1.165) is 17.4 Å². The van der Waals surface area contributed by atoms with Gasteiger partial charge in [-0.05, 0) is 57.0 Å². The van der Waals surface area contributed by atoms with E-state index in [9.17, 15) is 10.2 Å². The third kappa shape index (κ3) is 3.66. The number of aromatic nitrogens is 1. The van der Waals surface area contributed by atoms with E-state index in [2.05, 4.69) is 22.4 Å². The highest BCUT2D eigenvalue weighted by molar-refractivity contribution is 6.30. The van der Waals surface area contributed by atoms with Crippen molar-refractivity contribution in [3.63, 3.8) is 0 Å². The van der Waals surface area contributed by atoms with Crippen LogP contribution in [0.3, 0.4) is 0 Å². The lowest BCUT2D eigenvalue weighted by Crippen LogP contribution is -2.52. The van der Waals surface area contributed by atoms with E-state index < -0.39 is 17.7 Å². The van der Waals surface area contributed by atoms with Crippen molar-refractivity contribution in [1.29, 1.82) is 0 Å². The molecule has 1 aliphatic heterocycles. The Bertz CT molecular complexity index is 1050. The molecular weight excluding hydrogens is 388 g/mol. The molecule has 5 nitrogen and oxygen atoms in total. The lowest BCUT2D eigenvalue weighted by atomic mass is 9.85. The van der Waals surface area contributed by atoms with Crippen LogP contribution < -0.4 is 10.1 Å². The molecule has 152 valence electrons. The van der Waals surface area contributed by atoms with Crippen LogP contribution in [0.1, 0.15) is 36.6 Å². The van der Waals surface area contributed by atoms with Crippen molar-refractivity contribution >= 4 is 22.5 Å². The first kappa shape index (κ1) is 20.0. The molecule has 29 heavy (non-hydrogen) atoms. The number of aryl methyl sites for hydroxylation is 1. The first-order chi connectivity index (χ1) is 13.8. The number of aliphatic hydroxyl groups excluding tert-OH is 1. The first-order valence-electron chi connectivity index (χ1n) is 9.75. The zero-order valence-corrected chi connectivity index (χ0v) is 17.5. The summed E-state index contributed by atoms with van der Waals surface area (Å²) in [6.07, 6.45) is -0.0486. The van der Waals surface area contributed by atoms with Gasteiger partial charge in [-0.15, -0.1) is 0 Å². The minimum Gasteiger partial charge on any atom is -0.505 e. The quantitative estimate of drug-likeness (QED) is 0.557. The van der Waals surface area contributed by atoms with Crippen molar-refractivity contribution < 1.29 is 14.9 Å². The van der Waals surface area contributed by atoms with Gasteiger partial charge in [-0.1, -0.05) is 41.9 Å². The molecular formula is C23H25ClN2O3. The van der Waals surface area contributed by atoms with Crippen LogP contribution in [0.2, 0.25) is 5.15 Å². The summed E-state index contributed by atoms with van der Waals surface area (Å²) < 4.78 is 6.09. The molecule has 3 aromatic rings. The van der Waals surface area contributed by atoms with Gasteiger partial charge in [-0.3, -0.25) is 0 Å². The molecule has 0 radical (unpaired) electrons. The molecule has 1 aromatic heterocycles. The summed E-state index contributed by atoms with van der Waals surface area (Å²) in [5.41, 5.74) is 2.23. The summed E-state index contributed by atoms with van der Waals surface area (Å²) in [6.45, 7) is 6.25. The number of hydrogen-bond donors (Lipinski definition) is 3. The number of benzene rings is 2. The van der Waals surface area contributed by atoms with Gasteiger partial charge >= 0.3 is 0 Å². The number of phenols is 1. The summed E-state index contributed by atoms with van der Waals surface area (Å²) >= 11 is 6.12. The number of pyridine rings is 1. The normalized spacial score (nSPS) is 20.3. The number of aromatic hydroxyl groups is 1. The predicted octanol–water partition coefficient (Wildman–Crippen LogP) is 4.31. The standard InChI is InChI=1S/C23H25ClN2O3/c1-13-11-17(24)26-19-15(13)12-16-18(21(19)27)20(22(28)23(2,3)29-16)25-10-9-14-7-5-4-6-8-14/h4-8,11-12,20,22,25,27-28H,9-10H2,1-3H3. The molecule has 0 aliphatic carbocycles. The van der Waals surface area contributed by atoms with Crippen LogP contribution in [0.15, 0.2) is 42.5 Å². The Morgan fingerprint density at radius 3 is 2.66 bits per heavy atom. The smallest absolute Gasteiger partial charge is 0.150 e. The highest BCUT2D eigenvalue weighted by Crippen LogP contribution is 2.47. The van der Waals surface area contributed by atoms with Crippen LogP contribution in [-0.4, -0.2) is 33.4 Å². The van der Waals surface area contributed by atoms with Gasteiger partial charge < -0.3 is 20.3 Å².